The number of carbonyl (C=O) groups excluding carboxylic acids is 2. The SMILES string of the molecule is CC(=O)Nc1ccc(C(F)(F)F)cc1NC(=O)c1ccc2c(=O)n3c(nc2c1)CCCCCC3. The largest absolute Gasteiger partial charge is 0.416 e. The topological polar surface area (TPSA) is 93.1 Å². The van der Waals surface area contributed by atoms with Crippen LogP contribution in [0.2, 0.25) is 0 Å². The van der Waals surface area contributed by atoms with Gasteiger partial charge in [-0.2, -0.15) is 13.2 Å². The third kappa shape index (κ3) is 4.95. The van der Waals surface area contributed by atoms with Gasteiger partial charge in [0.1, 0.15) is 5.82 Å². The molecule has 2 heterocycles. The molecule has 0 atom stereocenters. The monoisotopic (exact) mass is 472 g/mol. The number of alkyl halides is 3. The quantitative estimate of drug-likeness (QED) is 0.576. The third-order valence-corrected chi connectivity index (χ3v) is 5.73. The Morgan fingerprint density at radius 2 is 1.74 bits per heavy atom. The molecule has 3 aromatic rings. The Morgan fingerprint density at radius 3 is 2.47 bits per heavy atom. The lowest BCUT2D eigenvalue weighted by molar-refractivity contribution is -0.137. The molecule has 4 rings (SSSR count). The number of fused-ring (bicyclic) bond motifs is 2. The van der Waals surface area contributed by atoms with Crippen molar-refractivity contribution >= 4 is 34.1 Å². The first-order chi connectivity index (χ1) is 16.1. The normalized spacial score (nSPS) is 14.1. The van der Waals surface area contributed by atoms with Crippen molar-refractivity contribution in [1.82, 2.24) is 9.55 Å². The highest BCUT2D eigenvalue weighted by atomic mass is 19.4. The summed E-state index contributed by atoms with van der Waals surface area (Å²) in [7, 11) is 0. The fourth-order valence-corrected chi connectivity index (χ4v) is 4.05. The molecule has 0 fully saturated rings. The second-order valence-corrected chi connectivity index (χ2v) is 8.27. The van der Waals surface area contributed by atoms with E-state index in [0.717, 1.165) is 43.9 Å². The van der Waals surface area contributed by atoms with E-state index in [-0.39, 0.29) is 22.5 Å². The fraction of sp³-hybridized carbons (Fsp3) is 0.333. The Morgan fingerprint density at radius 1 is 0.971 bits per heavy atom. The molecule has 2 aromatic carbocycles. The molecule has 1 aliphatic rings. The van der Waals surface area contributed by atoms with E-state index in [1.165, 1.54) is 25.1 Å². The number of amides is 2. The molecule has 0 unspecified atom stereocenters. The molecule has 7 nitrogen and oxygen atoms in total. The van der Waals surface area contributed by atoms with Crippen LogP contribution in [0.4, 0.5) is 24.5 Å². The fourth-order valence-electron chi connectivity index (χ4n) is 4.05. The molecule has 1 aromatic heterocycles. The van der Waals surface area contributed by atoms with Gasteiger partial charge in [-0.25, -0.2) is 4.98 Å². The number of hydrogen-bond donors (Lipinski definition) is 2. The van der Waals surface area contributed by atoms with Crippen molar-refractivity contribution in [3.05, 3.63) is 63.7 Å². The van der Waals surface area contributed by atoms with Gasteiger partial charge in [0.15, 0.2) is 0 Å². The number of nitrogens with one attached hydrogen (secondary N) is 2. The predicted molar refractivity (Wildman–Crippen MR) is 122 cm³/mol. The summed E-state index contributed by atoms with van der Waals surface area (Å²) in [6.45, 7) is 1.81. The van der Waals surface area contributed by atoms with Gasteiger partial charge < -0.3 is 10.6 Å². The van der Waals surface area contributed by atoms with Gasteiger partial charge in [0.25, 0.3) is 11.5 Å². The number of nitrogens with zero attached hydrogens (tertiary/aromatic N) is 2. The van der Waals surface area contributed by atoms with Gasteiger partial charge in [-0.15, -0.1) is 0 Å². The number of rotatable bonds is 3. The van der Waals surface area contributed by atoms with Crippen LogP contribution < -0.4 is 16.2 Å². The Hall–Kier alpha value is -3.69. The summed E-state index contributed by atoms with van der Waals surface area (Å²) in [5, 5.41) is 5.23. The summed E-state index contributed by atoms with van der Waals surface area (Å²) >= 11 is 0. The minimum absolute atomic E-state index is 0.0346. The van der Waals surface area contributed by atoms with Crippen LogP contribution in [0, 0.1) is 0 Å². The summed E-state index contributed by atoms with van der Waals surface area (Å²) < 4.78 is 41.2. The zero-order valence-electron chi connectivity index (χ0n) is 18.5. The van der Waals surface area contributed by atoms with E-state index in [2.05, 4.69) is 15.6 Å². The lowest BCUT2D eigenvalue weighted by Gasteiger charge is -2.17. The molecular weight excluding hydrogens is 449 g/mol. The number of carbonyl (C=O) groups is 2. The summed E-state index contributed by atoms with van der Waals surface area (Å²) in [4.78, 5) is 41.9. The van der Waals surface area contributed by atoms with Gasteiger partial charge in [-0.05, 0) is 49.2 Å². The second kappa shape index (κ2) is 9.28. The molecule has 178 valence electrons. The van der Waals surface area contributed by atoms with Crippen LogP contribution in [0.1, 0.15) is 54.4 Å². The van der Waals surface area contributed by atoms with Crippen LogP contribution in [-0.4, -0.2) is 21.4 Å². The molecule has 2 amide bonds. The van der Waals surface area contributed by atoms with Crippen LogP contribution in [0.3, 0.4) is 0 Å². The highest BCUT2D eigenvalue weighted by molar-refractivity contribution is 6.08. The maximum Gasteiger partial charge on any atom is 0.416 e. The van der Waals surface area contributed by atoms with E-state index in [9.17, 15) is 27.6 Å². The van der Waals surface area contributed by atoms with Crippen LogP contribution in [0.25, 0.3) is 10.9 Å². The average molecular weight is 472 g/mol. The Balaban J connectivity index is 1.70. The first-order valence-corrected chi connectivity index (χ1v) is 11.0. The number of hydrogen-bond acceptors (Lipinski definition) is 4. The van der Waals surface area contributed by atoms with E-state index in [1.807, 2.05) is 0 Å². The predicted octanol–water partition coefficient (Wildman–Crippen LogP) is 4.74. The minimum atomic E-state index is -4.63. The molecule has 0 saturated heterocycles. The number of aromatic nitrogens is 2. The Bertz CT molecular complexity index is 1330. The Kier molecular flexibility index (Phi) is 6.41. The smallest absolute Gasteiger partial charge is 0.325 e. The summed E-state index contributed by atoms with van der Waals surface area (Å²) in [5.41, 5.74) is -0.811. The Labute approximate surface area is 193 Å². The molecule has 0 spiro atoms. The third-order valence-electron chi connectivity index (χ3n) is 5.73. The van der Waals surface area contributed by atoms with Crippen molar-refractivity contribution < 1.29 is 22.8 Å². The van der Waals surface area contributed by atoms with Gasteiger partial charge in [-0.3, -0.25) is 19.0 Å². The van der Waals surface area contributed by atoms with Crippen molar-refractivity contribution in [3.8, 4) is 0 Å². The number of benzene rings is 2. The van der Waals surface area contributed by atoms with E-state index in [4.69, 9.17) is 0 Å². The highest BCUT2D eigenvalue weighted by Crippen LogP contribution is 2.34. The number of halogens is 3. The molecule has 0 radical (unpaired) electrons. The number of anilines is 2. The molecule has 34 heavy (non-hydrogen) atoms. The van der Waals surface area contributed by atoms with Crippen molar-refractivity contribution in [3.63, 3.8) is 0 Å². The van der Waals surface area contributed by atoms with Crippen LogP contribution in [0.15, 0.2) is 41.2 Å². The lowest BCUT2D eigenvalue weighted by atomic mass is 10.1. The minimum Gasteiger partial charge on any atom is -0.325 e. The van der Waals surface area contributed by atoms with Crippen molar-refractivity contribution in [1.29, 1.82) is 0 Å². The molecule has 10 heteroatoms. The van der Waals surface area contributed by atoms with Crippen molar-refractivity contribution in [2.45, 2.75) is 51.7 Å². The van der Waals surface area contributed by atoms with Gasteiger partial charge in [0.2, 0.25) is 5.91 Å². The number of aryl methyl sites for hydroxylation is 1. The first kappa shape index (κ1) is 23.5. The molecule has 2 N–H and O–H groups in total. The maximum absolute atomic E-state index is 13.2. The first-order valence-electron chi connectivity index (χ1n) is 11.0. The molecule has 0 bridgehead atoms. The van der Waals surface area contributed by atoms with Gasteiger partial charge in [0, 0.05) is 25.5 Å². The van der Waals surface area contributed by atoms with Gasteiger partial charge >= 0.3 is 6.18 Å². The second-order valence-electron chi connectivity index (χ2n) is 8.27. The average Bonchev–Trinajstić information content (AvgIpc) is 2.75. The van der Waals surface area contributed by atoms with Gasteiger partial charge in [-0.1, -0.05) is 12.8 Å². The summed E-state index contributed by atoms with van der Waals surface area (Å²) in [5.74, 6) is -0.524. The summed E-state index contributed by atoms with van der Waals surface area (Å²) in [6.07, 6.45) is -0.0390. The van der Waals surface area contributed by atoms with Crippen LogP contribution in [-0.2, 0) is 23.9 Å². The van der Waals surface area contributed by atoms with E-state index in [0.29, 0.717) is 29.7 Å². The van der Waals surface area contributed by atoms with E-state index >= 15 is 0 Å². The zero-order chi connectivity index (χ0) is 24.5. The van der Waals surface area contributed by atoms with Crippen LogP contribution in [0.5, 0.6) is 0 Å². The maximum atomic E-state index is 13.2. The summed E-state index contributed by atoms with van der Waals surface area (Å²) in [6, 6.07) is 7.06. The van der Waals surface area contributed by atoms with Crippen molar-refractivity contribution in [2.24, 2.45) is 0 Å². The highest BCUT2D eigenvalue weighted by Gasteiger charge is 2.31. The van der Waals surface area contributed by atoms with Crippen molar-refractivity contribution in [2.75, 3.05) is 10.6 Å². The van der Waals surface area contributed by atoms with E-state index in [1.54, 1.807) is 4.57 Å². The van der Waals surface area contributed by atoms with Crippen LogP contribution >= 0.6 is 0 Å². The molecule has 0 aliphatic carbocycles. The van der Waals surface area contributed by atoms with Gasteiger partial charge in [0.05, 0.1) is 27.8 Å². The molecular formula is C24H23F3N4O3. The standard InChI is InChI=1S/C24H23F3N4O3/c1-14(32)28-18-10-8-16(24(25,26)27)13-20(18)30-22(33)15-7-9-17-19(12-15)29-21-6-4-2-3-5-11-31(21)23(17)34/h7-10,12-13H,2-6,11H2,1H3,(H,28,32)(H,30,33). The molecule has 1 aliphatic heterocycles. The zero-order valence-corrected chi connectivity index (χ0v) is 18.5. The lowest BCUT2D eigenvalue weighted by Crippen LogP contribution is -2.26. The molecule has 0 saturated carbocycles. The van der Waals surface area contributed by atoms with E-state index < -0.39 is 23.6 Å².